The smallest absolute Gasteiger partial charge is 0.325 e. The first-order chi connectivity index (χ1) is 29.2. The second-order valence-corrected chi connectivity index (χ2v) is 16.7. The van der Waals surface area contributed by atoms with E-state index in [1.165, 1.54) is 30.6 Å². The van der Waals surface area contributed by atoms with Crippen molar-refractivity contribution < 1.29 is 48.3 Å². The zero-order valence-corrected chi connectivity index (χ0v) is 33.1. The van der Waals surface area contributed by atoms with Gasteiger partial charge in [-0.15, -0.1) is 0 Å². The number of nitrogens with one attached hydrogen (secondary N) is 4. The number of anilines is 3. The molecule has 4 heterocycles. The molecular weight excluding hydrogens is 815 g/mol. The van der Waals surface area contributed by atoms with Crippen LogP contribution in [0.15, 0.2) is 84.0 Å². The van der Waals surface area contributed by atoms with Gasteiger partial charge in [0.05, 0.1) is 29.9 Å². The monoisotopic (exact) mass is 857 g/mol. The van der Waals surface area contributed by atoms with Crippen LogP contribution in [-0.2, 0) is 14.8 Å². The van der Waals surface area contributed by atoms with Gasteiger partial charge in [-0.05, 0) is 66.4 Å². The van der Waals surface area contributed by atoms with E-state index in [1.54, 1.807) is 53.1 Å². The molecule has 1 aliphatic carbocycles. The molecule has 8 rings (SSSR count). The normalized spacial score (nSPS) is 22.9. The lowest BCUT2D eigenvalue weighted by molar-refractivity contribution is -0.131. The number of phenols is 2. The number of hydrogen-bond acceptors (Lipinski definition) is 15. The van der Waals surface area contributed by atoms with Gasteiger partial charge in [0.25, 0.3) is 5.91 Å². The third kappa shape index (κ3) is 8.30. The van der Waals surface area contributed by atoms with E-state index in [9.17, 15) is 48.3 Å². The van der Waals surface area contributed by atoms with Gasteiger partial charge in [-0.1, -0.05) is 30.3 Å². The number of rotatable bonds is 12. The second kappa shape index (κ2) is 16.5. The number of primary sulfonamides is 1. The number of sulfonamides is 1. The molecule has 22 heteroatoms. The quantitative estimate of drug-likeness (QED) is 0.0763. The molecule has 2 saturated heterocycles. The summed E-state index contributed by atoms with van der Waals surface area (Å²) >= 11 is 0. The molecule has 2 aliphatic heterocycles. The molecule has 0 bridgehead atoms. The molecule has 11 N–H and O–H groups in total. The lowest BCUT2D eigenvalue weighted by Crippen LogP contribution is -2.47. The van der Waals surface area contributed by atoms with E-state index in [0.29, 0.717) is 24.3 Å². The topological polar surface area (TPSA) is 311 Å². The minimum atomic E-state index is -3.99. The first-order valence-electron chi connectivity index (χ1n) is 19.3. The maximum absolute atomic E-state index is 13.0. The number of imide groups is 1. The summed E-state index contributed by atoms with van der Waals surface area (Å²) in [4.78, 5) is 55.7. The van der Waals surface area contributed by atoms with E-state index in [2.05, 4.69) is 26.3 Å². The summed E-state index contributed by atoms with van der Waals surface area (Å²) < 4.78 is 25.2. The van der Waals surface area contributed by atoms with Gasteiger partial charge >= 0.3 is 12.1 Å². The number of phenolic OH excluding ortho intramolecular Hbond substituents is 2. The molecule has 21 nitrogen and oxygen atoms in total. The molecule has 61 heavy (non-hydrogen) atoms. The average molecular weight is 858 g/mol. The largest absolute Gasteiger partial charge is 0.508 e. The first kappa shape index (κ1) is 41.2. The number of benzene rings is 3. The van der Waals surface area contributed by atoms with Crippen LogP contribution < -0.4 is 31.3 Å². The Kier molecular flexibility index (Phi) is 11.1. The van der Waals surface area contributed by atoms with Gasteiger partial charge in [0.1, 0.15) is 29.7 Å². The number of hydrogen-bond donors (Lipinski definition) is 10. The molecule has 1 saturated carbocycles. The molecule has 0 spiro atoms. The molecule has 3 aromatic carbocycles. The van der Waals surface area contributed by atoms with Crippen molar-refractivity contribution in [1.29, 1.82) is 0 Å². The van der Waals surface area contributed by atoms with Gasteiger partial charge in [0.15, 0.2) is 17.0 Å². The van der Waals surface area contributed by atoms with Crippen molar-refractivity contribution >= 4 is 56.6 Å². The average Bonchev–Trinajstić information content (AvgIpc) is 4.01. The number of imidazole rings is 1. The summed E-state index contributed by atoms with van der Waals surface area (Å²) in [5.74, 6) is -0.334. The SMILES string of the molecule is NS(=O)(=O)c1cccc(NC(=O)N[C@@H]2CCN(c3nc(NCC(c4ccc(O)cc4)c4ccc(O)cc4)c4ncn([C@@H]5C[C@H](N6C(=O)NC(CO)C6=O)[C@@H](O)[C@H]5O)c4n3)C2)c1. The molecule has 3 fully saturated rings. The van der Waals surface area contributed by atoms with Crippen LogP contribution in [0.2, 0.25) is 0 Å². The fourth-order valence-electron chi connectivity index (χ4n) is 8.12. The van der Waals surface area contributed by atoms with E-state index >= 15 is 0 Å². The Hall–Kier alpha value is -6.59. The fraction of sp³-hybridized carbons (Fsp3) is 0.333. The summed E-state index contributed by atoms with van der Waals surface area (Å²) in [5, 5.41) is 68.8. The van der Waals surface area contributed by atoms with Crippen LogP contribution in [0.25, 0.3) is 11.2 Å². The number of carbonyl (C=O) groups is 3. The van der Waals surface area contributed by atoms with Crippen molar-refractivity contribution in [2.75, 3.05) is 41.8 Å². The van der Waals surface area contributed by atoms with Crippen LogP contribution in [0, 0.1) is 0 Å². The van der Waals surface area contributed by atoms with Crippen LogP contribution in [0.4, 0.5) is 27.0 Å². The third-order valence-corrected chi connectivity index (χ3v) is 12.2. The van der Waals surface area contributed by atoms with Gasteiger partial charge in [-0.25, -0.2) is 28.1 Å². The Bertz CT molecular complexity index is 2530. The van der Waals surface area contributed by atoms with Crippen LogP contribution >= 0.6 is 0 Å². The van der Waals surface area contributed by atoms with Crippen LogP contribution in [0.5, 0.6) is 11.5 Å². The summed E-state index contributed by atoms with van der Waals surface area (Å²) in [5.41, 5.74) is 2.46. The first-order valence-corrected chi connectivity index (χ1v) is 20.8. The predicted octanol–water partition coefficient (Wildman–Crippen LogP) is 0.477. The minimum absolute atomic E-state index is 0.0675. The van der Waals surface area contributed by atoms with E-state index < -0.39 is 71.0 Å². The van der Waals surface area contributed by atoms with E-state index in [1.807, 2.05) is 4.90 Å². The van der Waals surface area contributed by atoms with Crippen LogP contribution in [-0.4, -0.2) is 133 Å². The maximum atomic E-state index is 13.0. The zero-order chi connectivity index (χ0) is 43.2. The molecule has 320 valence electrons. The molecule has 6 atom stereocenters. The number of aliphatic hydroxyl groups excluding tert-OH is 3. The molecule has 5 aromatic rings. The van der Waals surface area contributed by atoms with Crippen LogP contribution in [0.1, 0.15) is 35.9 Å². The standard InChI is InChI=1S/C39H43N11O10S/c40-61(59,60)26-3-1-2-22(14-26)43-38(57)44-23-12-13-48(17-23)37-46-34(41-16-27(20-4-8-24(52)9-5-20)21-6-10-25(53)11-7-21)31-35(47-37)49(19-42-31)29-15-30(33(55)32(29)54)50-36(56)28(18-51)45-39(50)58/h1-11,14,19,23,27-30,32-33,51-55H,12-13,15-18H2,(H,45,58)(H2,40,59,60)(H,41,46,47)(H2,43,44,57)/t23-,28?,29-,30+,32+,33-/m1/s1. The van der Waals surface area contributed by atoms with Crippen molar-refractivity contribution in [3.8, 4) is 11.5 Å². The molecule has 3 aliphatic rings. The number of nitrogens with zero attached hydrogens (tertiary/aromatic N) is 6. The van der Waals surface area contributed by atoms with Crippen molar-refractivity contribution in [2.24, 2.45) is 5.14 Å². The molecule has 5 amide bonds. The lowest BCUT2D eigenvalue weighted by Gasteiger charge is -2.24. The summed E-state index contributed by atoms with van der Waals surface area (Å²) in [7, 11) is -3.99. The lowest BCUT2D eigenvalue weighted by atomic mass is 9.91. The van der Waals surface area contributed by atoms with Crippen molar-refractivity contribution in [3.05, 3.63) is 90.3 Å². The minimum Gasteiger partial charge on any atom is -0.508 e. The second-order valence-electron chi connectivity index (χ2n) is 15.2. The van der Waals surface area contributed by atoms with Gasteiger partial charge in [-0.2, -0.15) is 9.97 Å². The predicted molar refractivity (Wildman–Crippen MR) is 218 cm³/mol. The van der Waals surface area contributed by atoms with Crippen molar-refractivity contribution in [3.63, 3.8) is 0 Å². The molecule has 2 aromatic heterocycles. The Morgan fingerprint density at radius 3 is 2.26 bits per heavy atom. The Morgan fingerprint density at radius 1 is 0.951 bits per heavy atom. The fourth-order valence-corrected chi connectivity index (χ4v) is 8.68. The van der Waals surface area contributed by atoms with Gasteiger partial charge in [0.2, 0.25) is 16.0 Å². The van der Waals surface area contributed by atoms with E-state index in [4.69, 9.17) is 15.1 Å². The Labute approximate surface area is 347 Å². The summed E-state index contributed by atoms with van der Waals surface area (Å²) in [6.45, 7) is 0.276. The summed E-state index contributed by atoms with van der Waals surface area (Å²) in [6, 6.07) is 14.0. The number of aromatic hydroxyl groups is 2. The molecular formula is C39H43N11O10S. The van der Waals surface area contributed by atoms with Crippen molar-refractivity contribution in [2.45, 2.75) is 60.0 Å². The molecule has 0 radical (unpaired) electrons. The number of aromatic nitrogens is 4. The van der Waals surface area contributed by atoms with E-state index in [0.717, 1.165) is 16.0 Å². The van der Waals surface area contributed by atoms with Gasteiger partial charge in [-0.3, -0.25) is 9.69 Å². The highest BCUT2D eigenvalue weighted by molar-refractivity contribution is 7.89. The van der Waals surface area contributed by atoms with Crippen LogP contribution in [0.3, 0.4) is 0 Å². The Balaban J connectivity index is 1.10. The number of nitrogens with two attached hydrogens (primary N) is 1. The summed E-state index contributed by atoms with van der Waals surface area (Å²) in [6.07, 6.45) is -1.16. The zero-order valence-electron chi connectivity index (χ0n) is 32.2. The highest BCUT2D eigenvalue weighted by Crippen LogP contribution is 2.38. The number of fused-ring (bicyclic) bond motifs is 1. The highest BCUT2D eigenvalue weighted by atomic mass is 32.2. The number of urea groups is 2. The Morgan fingerprint density at radius 2 is 1.62 bits per heavy atom. The van der Waals surface area contributed by atoms with Crippen molar-refractivity contribution in [1.82, 2.24) is 35.1 Å². The van der Waals surface area contributed by atoms with Gasteiger partial charge in [0, 0.05) is 37.3 Å². The number of aliphatic hydroxyl groups is 3. The molecule has 1 unspecified atom stereocenters. The number of amides is 5. The van der Waals surface area contributed by atoms with E-state index in [-0.39, 0.29) is 59.1 Å². The van der Waals surface area contributed by atoms with Gasteiger partial charge < -0.3 is 56.3 Å². The highest BCUT2D eigenvalue weighted by Gasteiger charge is 2.52. The third-order valence-electron chi connectivity index (χ3n) is 11.2. The maximum Gasteiger partial charge on any atom is 0.325 e. The number of carbonyl (C=O) groups excluding carboxylic acids is 3.